The molecular formula is C26H23N3O6. The van der Waals surface area contributed by atoms with E-state index in [1.165, 1.54) is 6.07 Å². The molecule has 4 aromatic rings. The van der Waals surface area contributed by atoms with Crippen molar-refractivity contribution in [1.29, 1.82) is 0 Å². The number of aromatic nitrogens is 3. The van der Waals surface area contributed by atoms with Gasteiger partial charge < -0.3 is 18.7 Å². The lowest BCUT2D eigenvalue weighted by molar-refractivity contribution is 0.0427. The van der Waals surface area contributed by atoms with Crippen LogP contribution < -0.4 is 9.47 Å². The van der Waals surface area contributed by atoms with Crippen molar-refractivity contribution in [2.75, 3.05) is 13.2 Å². The molecule has 2 aromatic heterocycles. The molecule has 0 saturated heterocycles. The van der Waals surface area contributed by atoms with Gasteiger partial charge in [-0.1, -0.05) is 23.4 Å². The molecule has 0 aliphatic heterocycles. The van der Waals surface area contributed by atoms with Crippen LogP contribution in [-0.2, 0) is 11.3 Å². The molecule has 178 valence electrons. The van der Waals surface area contributed by atoms with Gasteiger partial charge in [0.05, 0.1) is 18.8 Å². The maximum absolute atomic E-state index is 13.3. The number of esters is 1. The van der Waals surface area contributed by atoms with Gasteiger partial charge in [-0.15, -0.1) is 0 Å². The minimum Gasteiger partial charge on any atom is -0.490 e. The molecule has 9 heteroatoms. The van der Waals surface area contributed by atoms with Crippen molar-refractivity contribution in [3.63, 3.8) is 0 Å². The van der Waals surface area contributed by atoms with Crippen LogP contribution in [0.2, 0.25) is 0 Å². The second-order valence-corrected chi connectivity index (χ2v) is 7.23. The molecule has 0 bridgehead atoms. The fraction of sp³-hybridized carbons (Fsp3) is 0.192. The summed E-state index contributed by atoms with van der Waals surface area (Å²) in [7, 11) is 0. The Kier molecular flexibility index (Phi) is 7.47. The zero-order valence-electron chi connectivity index (χ0n) is 19.3. The van der Waals surface area contributed by atoms with E-state index in [0.717, 1.165) is 0 Å². The summed E-state index contributed by atoms with van der Waals surface area (Å²) in [6, 6.07) is 14.9. The molecule has 9 nitrogen and oxygen atoms in total. The van der Waals surface area contributed by atoms with E-state index in [4.69, 9.17) is 18.7 Å². The normalized spacial score (nSPS) is 10.6. The molecule has 0 saturated carbocycles. The number of benzene rings is 2. The van der Waals surface area contributed by atoms with E-state index in [1.807, 2.05) is 13.8 Å². The second kappa shape index (κ2) is 11.1. The van der Waals surface area contributed by atoms with Gasteiger partial charge in [0, 0.05) is 29.1 Å². The number of pyridine rings is 1. The molecule has 0 aliphatic carbocycles. The Balaban J connectivity index is 1.51. The van der Waals surface area contributed by atoms with E-state index in [2.05, 4.69) is 15.1 Å². The fourth-order valence-electron chi connectivity index (χ4n) is 3.34. The summed E-state index contributed by atoms with van der Waals surface area (Å²) in [5.74, 6) is 0.420. The molecule has 2 aromatic carbocycles. The van der Waals surface area contributed by atoms with Crippen LogP contribution in [0.5, 0.6) is 11.5 Å². The van der Waals surface area contributed by atoms with Gasteiger partial charge in [-0.05, 0) is 50.2 Å². The van der Waals surface area contributed by atoms with Crippen LogP contribution >= 0.6 is 0 Å². The van der Waals surface area contributed by atoms with E-state index >= 15 is 0 Å². The van der Waals surface area contributed by atoms with Crippen LogP contribution in [0, 0.1) is 0 Å². The zero-order valence-corrected chi connectivity index (χ0v) is 19.3. The number of ketones is 1. The molecule has 2 heterocycles. The molecule has 0 fully saturated rings. The van der Waals surface area contributed by atoms with Crippen molar-refractivity contribution in [3.05, 3.63) is 89.6 Å². The highest BCUT2D eigenvalue weighted by molar-refractivity contribution is 6.14. The van der Waals surface area contributed by atoms with Crippen molar-refractivity contribution >= 4 is 11.8 Å². The maximum Gasteiger partial charge on any atom is 0.339 e. The molecular weight excluding hydrogens is 450 g/mol. The molecule has 0 atom stereocenters. The second-order valence-electron chi connectivity index (χ2n) is 7.23. The van der Waals surface area contributed by atoms with Gasteiger partial charge >= 0.3 is 5.97 Å². The SMILES string of the molecule is CCOc1ccc(C(=O)c2ccccc2C(=O)OCc2nc(-c3cccnc3)no2)cc1OCC. The van der Waals surface area contributed by atoms with Crippen LogP contribution in [0.4, 0.5) is 0 Å². The summed E-state index contributed by atoms with van der Waals surface area (Å²) in [5.41, 5.74) is 1.35. The summed E-state index contributed by atoms with van der Waals surface area (Å²) >= 11 is 0. The number of ether oxygens (including phenoxy) is 3. The molecule has 0 radical (unpaired) electrons. The molecule has 0 aliphatic rings. The quantitative estimate of drug-likeness (QED) is 0.242. The first-order valence-electron chi connectivity index (χ1n) is 11.0. The Morgan fingerprint density at radius 3 is 2.43 bits per heavy atom. The topological polar surface area (TPSA) is 114 Å². The van der Waals surface area contributed by atoms with Crippen LogP contribution in [0.3, 0.4) is 0 Å². The van der Waals surface area contributed by atoms with Gasteiger partial charge in [0.15, 0.2) is 23.9 Å². The van der Waals surface area contributed by atoms with Gasteiger partial charge in [0.1, 0.15) is 0 Å². The minimum absolute atomic E-state index is 0.119. The van der Waals surface area contributed by atoms with Crippen molar-refractivity contribution in [3.8, 4) is 22.9 Å². The van der Waals surface area contributed by atoms with Gasteiger partial charge in [0.25, 0.3) is 5.89 Å². The van der Waals surface area contributed by atoms with Gasteiger partial charge in [0.2, 0.25) is 5.82 Å². The summed E-state index contributed by atoms with van der Waals surface area (Å²) in [5, 5.41) is 3.87. The summed E-state index contributed by atoms with van der Waals surface area (Å²) in [4.78, 5) is 34.3. The highest BCUT2D eigenvalue weighted by Crippen LogP contribution is 2.30. The Labute approximate surface area is 201 Å². The third-order valence-electron chi connectivity index (χ3n) is 4.91. The Morgan fingerprint density at radius 2 is 1.69 bits per heavy atom. The fourth-order valence-corrected chi connectivity index (χ4v) is 3.34. The summed E-state index contributed by atoms with van der Waals surface area (Å²) < 4.78 is 21.7. The third kappa shape index (κ3) is 5.52. The minimum atomic E-state index is -0.689. The first kappa shape index (κ1) is 23.6. The molecule has 0 amide bonds. The summed E-state index contributed by atoms with van der Waals surface area (Å²) in [6.07, 6.45) is 3.23. The van der Waals surface area contributed by atoms with Crippen molar-refractivity contribution in [2.45, 2.75) is 20.5 Å². The van der Waals surface area contributed by atoms with Gasteiger partial charge in [-0.3, -0.25) is 9.78 Å². The molecule has 0 spiro atoms. The summed E-state index contributed by atoms with van der Waals surface area (Å²) in [6.45, 7) is 4.35. The van der Waals surface area contributed by atoms with E-state index in [-0.39, 0.29) is 29.4 Å². The lowest BCUT2D eigenvalue weighted by Gasteiger charge is -2.13. The standard InChI is InChI=1S/C26H23N3O6/c1-3-32-21-12-11-17(14-22(21)33-4-2)24(30)19-9-5-6-10-20(19)26(31)34-16-23-28-25(29-35-23)18-8-7-13-27-15-18/h5-15H,3-4,16H2,1-2H3. The number of nitrogens with zero attached hydrogens (tertiary/aromatic N) is 3. The number of carbonyl (C=O) groups excluding carboxylic acids is 2. The molecule has 4 rings (SSSR count). The highest BCUT2D eigenvalue weighted by Gasteiger charge is 2.21. The lowest BCUT2D eigenvalue weighted by Crippen LogP contribution is -2.13. The van der Waals surface area contributed by atoms with Crippen LogP contribution in [0.1, 0.15) is 46.0 Å². The molecule has 35 heavy (non-hydrogen) atoms. The van der Waals surface area contributed by atoms with E-state index < -0.39 is 5.97 Å². The average Bonchev–Trinajstić information content (AvgIpc) is 3.38. The number of hydrogen-bond acceptors (Lipinski definition) is 9. The van der Waals surface area contributed by atoms with Gasteiger partial charge in [-0.2, -0.15) is 4.98 Å². The maximum atomic E-state index is 13.3. The smallest absolute Gasteiger partial charge is 0.339 e. The average molecular weight is 473 g/mol. The van der Waals surface area contributed by atoms with Crippen molar-refractivity contribution in [1.82, 2.24) is 15.1 Å². The largest absolute Gasteiger partial charge is 0.490 e. The molecule has 0 N–H and O–H groups in total. The Morgan fingerprint density at radius 1 is 0.914 bits per heavy atom. The third-order valence-corrected chi connectivity index (χ3v) is 4.91. The highest BCUT2D eigenvalue weighted by atomic mass is 16.6. The van der Waals surface area contributed by atoms with Crippen LogP contribution in [0.25, 0.3) is 11.4 Å². The van der Waals surface area contributed by atoms with Crippen molar-refractivity contribution in [2.24, 2.45) is 0 Å². The number of hydrogen-bond donors (Lipinski definition) is 0. The van der Waals surface area contributed by atoms with E-state index in [0.29, 0.717) is 41.7 Å². The Bertz CT molecular complexity index is 1320. The van der Waals surface area contributed by atoms with E-state index in [1.54, 1.807) is 60.9 Å². The predicted octanol–water partition coefficient (Wildman–Crippen LogP) is 4.52. The first-order chi connectivity index (χ1) is 17.1. The Hall–Kier alpha value is -4.53. The first-order valence-corrected chi connectivity index (χ1v) is 11.0. The zero-order chi connectivity index (χ0) is 24.6. The predicted molar refractivity (Wildman–Crippen MR) is 125 cm³/mol. The monoisotopic (exact) mass is 473 g/mol. The van der Waals surface area contributed by atoms with Gasteiger partial charge in [-0.25, -0.2) is 4.79 Å². The number of rotatable bonds is 10. The van der Waals surface area contributed by atoms with Crippen molar-refractivity contribution < 1.29 is 28.3 Å². The lowest BCUT2D eigenvalue weighted by atomic mass is 9.98. The van der Waals surface area contributed by atoms with Crippen LogP contribution in [0.15, 0.2) is 71.5 Å². The van der Waals surface area contributed by atoms with Crippen LogP contribution in [-0.4, -0.2) is 40.1 Å². The number of carbonyl (C=O) groups is 2. The van der Waals surface area contributed by atoms with E-state index in [9.17, 15) is 9.59 Å². The molecule has 0 unspecified atom stereocenters.